The first-order valence-corrected chi connectivity index (χ1v) is 17.1. The molecule has 0 aliphatic heterocycles. The Balaban J connectivity index is 2.58. The summed E-state index contributed by atoms with van der Waals surface area (Å²) in [5.41, 5.74) is -6.37. The van der Waals surface area contributed by atoms with Crippen molar-refractivity contribution in [2.24, 2.45) is 0 Å². The van der Waals surface area contributed by atoms with Crippen LogP contribution in [0.1, 0.15) is 168 Å². The molecule has 7 nitrogen and oxygen atoms in total. The molecule has 2 unspecified atom stereocenters. The van der Waals surface area contributed by atoms with Crippen LogP contribution in [-0.2, 0) is 19.2 Å². The highest BCUT2D eigenvalue weighted by Gasteiger charge is 2.69. The fourth-order valence-electron chi connectivity index (χ4n) is 5.86. The van der Waals surface area contributed by atoms with Crippen molar-refractivity contribution in [3.63, 3.8) is 0 Å². The fourth-order valence-corrected chi connectivity index (χ4v) is 5.86. The zero-order chi connectivity index (χ0) is 31.3. The van der Waals surface area contributed by atoms with Crippen molar-refractivity contribution in [3.05, 3.63) is 12.2 Å². The van der Waals surface area contributed by atoms with Gasteiger partial charge in [0.15, 0.2) is 17.3 Å². The fraction of sp³-hybridized carbons (Fsp3) is 0.829. The van der Waals surface area contributed by atoms with Crippen LogP contribution in [0.4, 0.5) is 0 Å². The molecule has 0 amide bonds. The predicted molar refractivity (Wildman–Crippen MR) is 167 cm³/mol. The summed E-state index contributed by atoms with van der Waals surface area (Å²) in [6.07, 6.45) is 22.1. The molecule has 2 atom stereocenters. The third-order valence-corrected chi connectivity index (χ3v) is 8.72. The number of carbonyl (C=O) groups excluding carboxylic acids is 4. The van der Waals surface area contributed by atoms with E-state index in [2.05, 4.69) is 26.0 Å². The lowest BCUT2D eigenvalue weighted by Gasteiger charge is -2.37. The number of hydrogen-bond donors (Lipinski definition) is 3. The number of unbranched alkanes of at least 4 members (excludes halogenated alkanes) is 17. The highest BCUT2D eigenvalue weighted by molar-refractivity contribution is 6.28. The second-order valence-corrected chi connectivity index (χ2v) is 12.3. The van der Waals surface area contributed by atoms with Gasteiger partial charge in [0.05, 0.1) is 0 Å². The Hall–Kier alpha value is -1.70. The first kappa shape index (κ1) is 38.3. The lowest BCUT2D eigenvalue weighted by Crippen LogP contribution is -2.71. The summed E-state index contributed by atoms with van der Waals surface area (Å²) in [5.74, 6) is -4.47. The number of aliphatic hydroxyl groups excluding tert-OH is 1. The molecule has 3 N–H and O–H groups in total. The normalized spacial score (nSPS) is 17.2. The predicted octanol–water partition coefficient (Wildman–Crippen LogP) is 7.06. The summed E-state index contributed by atoms with van der Waals surface area (Å²) in [6.45, 7) is 4.37. The standard InChI is InChI=1S/C35H60O7/c1-3-5-7-9-11-13-15-17-19-21-23-25-29(36)33(40)35(42,34(41)31(38)27-28-32(34)39)30(37)26-24-22-20-18-16-14-12-10-8-6-4-2/h10,12,29,36,41-42H,3-9,11,13-28H2,1-2H3. The number of rotatable bonds is 27. The molecule has 242 valence electrons. The summed E-state index contributed by atoms with van der Waals surface area (Å²) in [7, 11) is 0. The van der Waals surface area contributed by atoms with E-state index in [1.54, 1.807) is 0 Å². The Kier molecular flexibility index (Phi) is 20.0. The van der Waals surface area contributed by atoms with E-state index >= 15 is 0 Å². The van der Waals surface area contributed by atoms with Crippen LogP contribution in [0.25, 0.3) is 0 Å². The first-order valence-electron chi connectivity index (χ1n) is 17.1. The molecule has 1 aliphatic rings. The third kappa shape index (κ3) is 12.1. The van der Waals surface area contributed by atoms with Gasteiger partial charge in [0.1, 0.15) is 6.10 Å². The molecule has 0 spiro atoms. The topological polar surface area (TPSA) is 129 Å². The molecule has 1 saturated carbocycles. The van der Waals surface area contributed by atoms with Crippen molar-refractivity contribution in [2.45, 2.75) is 185 Å². The van der Waals surface area contributed by atoms with Gasteiger partial charge in [-0.1, -0.05) is 129 Å². The Morgan fingerprint density at radius 2 is 1.14 bits per heavy atom. The summed E-state index contributed by atoms with van der Waals surface area (Å²) < 4.78 is 0. The van der Waals surface area contributed by atoms with E-state index < -0.39 is 40.4 Å². The van der Waals surface area contributed by atoms with Crippen LogP contribution < -0.4 is 0 Å². The summed E-state index contributed by atoms with van der Waals surface area (Å²) in [4.78, 5) is 51.7. The quantitative estimate of drug-likeness (QED) is 0.0529. The monoisotopic (exact) mass is 592 g/mol. The van der Waals surface area contributed by atoms with Crippen LogP contribution in [0.2, 0.25) is 0 Å². The number of carbonyl (C=O) groups is 4. The maximum Gasteiger partial charge on any atom is 0.227 e. The minimum absolute atomic E-state index is 0.00318. The van der Waals surface area contributed by atoms with Gasteiger partial charge in [0.2, 0.25) is 17.0 Å². The number of allylic oxidation sites excluding steroid dienone is 2. The van der Waals surface area contributed by atoms with E-state index in [0.29, 0.717) is 19.3 Å². The highest BCUT2D eigenvalue weighted by Crippen LogP contribution is 2.37. The number of ketones is 4. The molecular formula is C35H60O7. The molecule has 42 heavy (non-hydrogen) atoms. The van der Waals surface area contributed by atoms with Gasteiger partial charge < -0.3 is 15.3 Å². The van der Waals surface area contributed by atoms with E-state index in [-0.39, 0.29) is 25.7 Å². The minimum Gasteiger partial charge on any atom is -0.385 e. The van der Waals surface area contributed by atoms with Gasteiger partial charge in [-0.05, 0) is 32.1 Å². The zero-order valence-electron chi connectivity index (χ0n) is 26.7. The van der Waals surface area contributed by atoms with E-state index in [4.69, 9.17) is 0 Å². The molecule has 0 saturated heterocycles. The Labute approximate surface area is 254 Å². The van der Waals surface area contributed by atoms with E-state index in [9.17, 15) is 34.5 Å². The Morgan fingerprint density at radius 3 is 1.67 bits per heavy atom. The lowest BCUT2D eigenvalue weighted by atomic mass is 9.71. The van der Waals surface area contributed by atoms with Crippen LogP contribution in [0.15, 0.2) is 12.2 Å². The Bertz CT molecular complexity index is 817. The summed E-state index contributed by atoms with van der Waals surface area (Å²) >= 11 is 0. The van der Waals surface area contributed by atoms with Gasteiger partial charge in [0.25, 0.3) is 0 Å². The van der Waals surface area contributed by atoms with Crippen LogP contribution in [-0.4, -0.2) is 55.8 Å². The molecular weight excluding hydrogens is 532 g/mol. The van der Waals surface area contributed by atoms with Crippen molar-refractivity contribution in [3.8, 4) is 0 Å². The largest absolute Gasteiger partial charge is 0.385 e. The molecule has 7 heteroatoms. The first-order chi connectivity index (χ1) is 20.2. The minimum atomic E-state index is -3.25. The molecule has 0 bridgehead atoms. The number of Topliss-reactive ketones (excluding diaryl/α,β-unsaturated/α-hetero) is 4. The third-order valence-electron chi connectivity index (χ3n) is 8.72. The average Bonchev–Trinajstić information content (AvgIpc) is 3.25. The second kappa shape index (κ2) is 21.9. The molecule has 0 aromatic heterocycles. The van der Waals surface area contributed by atoms with Crippen LogP contribution >= 0.6 is 0 Å². The van der Waals surface area contributed by atoms with Gasteiger partial charge in [-0.25, -0.2) is 0 Å². The molecule has 1 rings (SSSR count). The van der Waals surface area contributed by atoms with Crippen molar-refractivity contribution < 1.29 is 34.5 Å². The second-order valence-electron chi connectivity index (χ2n) is 12.3. The zero-order valence-corrected chi connectivity index (χ0v) is 26.7. The van der Waals surface area contributed by atoms with Crippen molar-refractivity contribution in [1.82, 2.24) is 0 Å². The lowest BCUT2D eigenvalue weighted by molar-refractivity contribution is -0.190. The van der Waals surface area contributed by atoms with E-state index in [1.807, 2.05) is 0 Å². The van der Waals surface area contributed by atoms with E-state index in [0.717, 1.165) is 57.8 Å². The highest BCUT2D eigenvalue weighted by atomic mass is 16.4. The van der Waals surface area contributed by atoms with Crippen LogP contribution in [0.5, 0.6) is 0 Å². The van der Waals surface area contributed by atoms with Crippen molar-refractivity contribution >= 4 is 23.1 Å². The van der Waals surface area contributed by atoms with Crippen LogP contribution in [0, 0.1) is 0 Å². The molecule has 0 radical (unpaired) electrons. The van der Waals surface area contributed by atoms with Gasteiger partial charge in [-0.3, -0.25) is 19.2 Å². The molecule has 1 aliphatic carbocycles. The van der Waals surface area contributed by atoms with Crippen molar-refractivity contribution in [2.75, 3.05) is 0 Å². The Morgan fingerprint density at radius 1 is 0.714 bits per heavy atom. The molecule has 0 aromatic rings. The van der Waals surface area contributed by atoms with Crippen molar-refractivity contribution in [1.29, 1.82) is 0 Å². The molecule has 0 aromatic carbocycles. The van der Waals surface area contributed by atoms with Gasteiger partial charge in [-0.15, -0.1) is 0 Å². The van der Waals surface area contributed by atoms with Gasteiger partial charge in [0, 0.05) is 19.3 Å². The molecule has 0 heterocycles. The maximum atomic E-state index is 13.3. The smallest absolute Gasteiger partial charge is 0.227 e. The van der Waals surface area contributed by atoms with Gasteiger partial charge in [-0.2, -0.15) is 0 Å². The SMILES string of the molecule is CCCCC=CCCCCCCCC(=O)C(O)(C(=O)C(O)CCCCCCCCCCCCC)C1(O)C(=O)CCC1=O. The number of hydrogen-bond acceptors (Lipinski definition) is 7. The van der Waals surface area contributed by atoms with E-state index in [1.165, 1.54) is 51.4 Å². The molecule has 1 fully saturated rings. The summed E-state index contributed by atoms with van der Waals surface area (Å²) in [5, 5.41) is 33.1. The number of aliphatic hydroxyl groups is 3. The van der Waals surface area contributed by atoms with Gasteiger partial charge >= 0.3 is 0 Å². The van der Waals surface area contributed by atoms with Crippen LogP contribution in [0.3, 0.4) is 0 Å². The maximum absolute atomic E-state index is 13.3. The summed E-state index contributed by atoms with van der Waals surface area (Å²) in [6, 6.07) is 0. The average molecular weight is 593 g/mol.